The monoisotopic (exact) mass is 581 g/mol. The average Bonchev–Trinajstić information content (AvgIpc) is 3.02. The molecule has 0 bridgehead atoms. The maximum absolute atomic E-state index is 16.5. The second-order valence-corrected chi connectivity index (χ2v) is 11.1. The Morgan fingerprint density at radius 3 is 1.09 bits per heavy atom. The lowest BCUT2D eigenvalue weighted by Crippen LogP contribution is -2.76. The van der Waals surface area contributed by atoms with Gasteiger partial charge in [-0.05, 0) is 61.0 Å². The van der Waals surface area contributed by atoms with Crippen LogP contribution in [0.3, 0.4) is 0 Å². The summed E-state index contributed by atoms with van der Waals surface area (Å²) in [5.74, 6) is -2.73. The fraction of sp³-hybridized carbons (Fsp3) is 0.0270. The van der Waals surface area contributed by atoms with Gasteiger partial charge in [0.15, 0.2) is 0 Å². The molecule has 0 aliphatic carbocycles. The van der Waals surface area contributed by atoms with Crippen molar-refractivity contribution >= 4 is 63.3 Å². The fourth-order valence-electron chi connectivity index (χ4n) is 6.59. The topological polar surface area (TPSA) is 3.24 Å². The Balaban J connectivity index is 1.42. The number of benzene rings is 6. The van der Waals surface area contributed by atoms with E-state index < -0.39 is 36.7 Å². The smallest absolute Gasteiger partial charge is 0.247 e. The summed E-state index contributed by atoms with van der Waals surface area (Å²) in [7, 11) is 0. The maximum atomic E-state index is 16.5. The van der Waals surface area contributed by atoms with Crippen molar-refractivity contribution in [3.63, 3.8) is 0 Å². The quantitative estimate of drug-likeness (QED) is 0.196. The van der Waals surface area contributed by atoms with Gasteiger partial charge >= 0.3 is 0 Å². The van der Waals surface area contributed by atoms with Crippen LogP contribution in [0.2, 0.25) is 0 Å². The van der Waals surface area contributed by atoms with Crippen molar-refractivity contribution in [3.8, 4) is 0 Å². The van der Waals surface area contributed by atoms with Crippen LogP contribution in [0, 0.1) is 30.2 Å². The SMILES string of the molecule is Cc1cc(F)c(B2c3ccccc3B(c3c(F)cc(N(c4ccccc4)c4ccccc4)cc3F)c3ccccc32)c(F)c1. The van der Waals surface area contributed by atoms with Crippen LogP contribution in [-0.4, -0.2) is 13.4 Å². The van der Waals surface area contributed by atoms with E-state index in [4.69, 9.17) is 0 Å². The molecule has 7 rings (SSSR count). The molecule has 7 heteroatoms. The number of halogens is 4. The zero-order chi connectivity index (χ0) is 30.4. The van der Waals surface area contributed by atoms with Gasteiger partial charge in [0.05, 0.1) is 5.69 Å². The molecule has 6 aromatic rings. The van der Waals surface area contributed by atoms with Crippen LogP contribution < -0.4 is 37.7 Å². The van der Waals surface area contributed by atoms with Crippen LogP contribution in [0.25, 0.3) is 0 Å². The minimum atomic E-state index is -0.828. The van der Waals surface area contributed by atoms with Crippen molar-refractivity contribution < 1.29 is 17.6 Å². The Morgan fingerprint density at radius 2 is 0.727 bits per heavy atom. The van der Waals surface area contributed by atoms with Crippen molar-refractivity contribution in [1.29, 1.82) is 0 Å². The molecule has 0 atom stereocenters. The van der Waals surface area contributed by atoms with E-state index in [-0.39, 0.29) is 10.9 Å². The third-order valence-corrected chi connectivity index (χ3v) is 8.39. The molecule has 0 N–H and O–H groups in total. The van der Waals surface area contributed by atoms with E-state index in [2.05, 4.69) is 0 Å². The molecule has 1 aliphatic rings. The Labute approximate surface area is 254 Å². The highest BCUT2D eigenvalue weighted by molar-refractivity contribution is 7.11. The molecular formula is C37H25B2F4N. The third kappa shape index (κ3) is 4.69. The highest BCUT2D eigenvalue weighted by Gasteiger charge is 2.42. The molecule has 0 spiro atoms. The number of nitrogens with zero attached hydrogens (tertiary/aromatic N) is 1. The first kappa shape index (κ1) is 27.8. The number of para-hydroxylation sites is 2. The number of anilines is 3. The van der Waals surface area contributed by atoms with Gasteiger partial charge in [-0.1, -0.05) is 107 Å². The molecule has 1 nitrogen and oxygen atoms in total. The number of aryl methyl sites for hydroxylation is 1. The summed E-state index contributed by atoms with van der Waals surface area (Å²) in [5, 5.41) is 0. The first-order valence-electron chi connectivity index (χ1n) is 14.4. The summed E-state index contributed by atoms with van der Waals surface area (Å²) in [4.78, 5) is 1.80. The first-order valence-corrected chi connectivity index (χ1v) is 14.4. The van der Waals surface area contributed by atoms with Gasteiger partial charge in [-0.2, -0.15) is 0 Å². The lowest BCUT2D eigenvalue weighted by Gasteiger charge is -2.33. The zero-order valence-corrected chi connectivity index (χ0v) is 23.8. The Morgan fingerprint density at radius 1 is 0.409 bits per heavy atom. The fourth-order valence-corrected chi connectivity index (χ4v) is 6.59. The Kier molecular flexibility index (Phi) is 7.09. The average molecular weight is 581 g/mol. The minimum Gasteiger partial charge on any atom is -0.310 e. The van der Waals surface area contributed by atoms with Gasteiger partial charge in [0, 0.05) is 22.3 Å². The summed E-state index contributed by atoms with van der Waals surface area (Å²) in [5.41, 5.74) is 4.54. The Bertz CT molecular complexity index is 1870. The van der Waals surface area contributed by atoms with Crippen LogP contribution in [0.5, 0.6) is 0 Å². The van der Waals surface area contributed by atoms with Crippen LogP contribution in [0.1, 0.15) is 5.56 Å². The standard InChI is InChI=1S/C37H25B2F4N/c1-24-20-32(40)36(33(41)21-24)38-28-16-8-10-18-30(28)39(31-19-11-9-17-29(31)38)37-34(42)22-27(23-35(37)43)44(25-12-4-2-5-13-25)26-14-6-3-7-15-26/h2-23H,1H3. The molecule has 0 saturated heterocycles. The highest BCUT2D eigenvalue weighted by Crippen LogP contribution is 2.34. The summed E-state index contributed by atoms with van der Waals surface area (Å²) in [6, 6.07) is 38.5. The molecule has 0 fully saturated rings. The lowest BCUT2D eigenvalue weighted by atomic mass is 9.21. The predicted molar refractivity (Wildman–Crippen MR) is 174 cm³/mol. The molecule has 1 aliphatic heterocycles. The van der Waals surface area contributed by atoms with E-state index in [0.29, 0.717) is 33.1 Å². The normalized spacial score (nSPS) is 12.1. The summed E-state index contributed by atoms with van der Waals surface area (Å²) in [6.45, 7) is 0.0307. The molecule has 0 unspecified atom stereocenters. The molecule has 0 aromatic heterocycles. The summed E-state index contributed by atoms with van der Waals surface area (Å²) < 4.78 is 63.9. The Hall–Kier alpha value is -5.03. The first-order chi connectivity index (χ1) is 21.4. The molecule has 0 radical (unpaired) electrons. The van der Waals surface area contributed by atoms with Crippen molar-refractivity contribution in [1.82, 2.24) is 0 Å². The van der Waals surface area contributed by atoms with Crippen molar-refractivity contribution in [2.75, 3.05) is 4.90 Å². The van der Waals surface area contributed by atoms with E-state index in [1.165, 1.54) is 24.3 Å². The second kappa shape index (κ2) is 11.2. The van der Waals surface area contributed by atoms with E-state index in [9.17, 15) is 0 Å². The van der Waals surface area contributed by atoms with Crippen molar-refractivity contribution in [3.05, 3.63) is 162 Å². The molecule has 1 heterocycles. The zero-order valence-electron chi connectivity index (χ0n) is 23.8. The lowest BCUT2D eigenvalue weighted by molar-refractivity contribution is 0.595. The number of hydrogen-bond donors (Lipinski definition) is 0. The van der Waals surface area contributed by atoms with E-state index in [1.54, 1.807) is 60.4 Å². The molecule has 212 valence electrons. The van der Waals surface area contributed by atoms with Gasteiger partial charge in [-0.15, -0.1) is 0 Å². The highest BCUT2D eigenvalue weighted by atomic mass is 19.1. The van der Waals surface area contributed by atoms with E-state index in [1.807, 2.05) is 60.7 Å². The largest absolute Gasteiger partial charge is 0.310 e. The van der Waals surface area contributed by atoms with Crippen LogP contribution in [-0.2, 0) is 0 Å². The minimum absolute atomic E-state index is 0.0772. The molecule has 44 heavy (non-hydrogen) atoms. The second-order valence-electron chi connectivity index (χ2n) is 11.1. The molecule has 0 saturated carbocycles. The van der Waals surface area contributed by atoms with Crippen molar-refractivity contribution in [2.24, 2.45) is 0 Å². The van der Waals surface area contributed by atoms with Gasteiger partial charge in [-0.3, -0.25) is 0 Å². The maximum Gasteiger partial charge on any atom is 0.247 e. The van der Waals surface area contributed by atoms with Gasteiger partial charge < -0.3 is 4.90 Å². The van der Waals surface area contributed by atoms with Gasteiger partial charge in [0.1, 0.15) is 23.3 Å². The third-order valence-electron chi connectivity index (χ3n) is 8.39. The van der Waals surface area contributed by atoms with Crippen molar-refractivity contribution in [2.45, 2.75) is 6.92 Å². The molecular weight excluding hydrogens is 556 g/mol. The van der Waals surface area contributed by atoms with Crippen LogP contribution in [0.15, 0.2) is 133 Å². The number of hydrogen-bond acceptors (Lipinski definition) is 1. The van der Waals surface area contributed by atoms with E-state index in [0.717, 1.165) is 11.4 Å². The number of fused-ring (bicyclic) bond motifs is 2. The molecule has 6 aromatic carbocycles. The van der Waals surface area contributed by atoms with Crippen LogP contribution in [0.4, 0.5) is 34.6 Å². The van der Waals surface area contributed by atoms with Gasteiger partial charge in [0.2, 0.25) is 13.4 Å². The summed E-state index contributed by atoms with van der Waals surface area (Å²) in [6.07, 6.45) is 0. The van der Waals surface area contributed by atoms with Gasteiger partial charge in [0.25, 0.3) is 0 Å². The van der Waals surface area contributed by atoms with Gasteiger partial charge in [-0.25, -0.2) is 17.6 Å². The summed E-state index contributed by atoms with van der Waals surface area (Å²) >= 11 is 0. The molecule has 0 amide bonds. The van der Waals surface area contributed by atoms with Crippen LogP contribution >= 0.6 is 0 Å². The number of rotatable bonds is 5. The van der Waals surface area contributed by atoms with E-state index >= 15 is 17.6 Å². The predicted octanol–water partition coefficient (Wildman–Crippen LogP) is 5.37.